The molecule has 0 aromatic heterocycles. The minimum atomic E-state index is -1.17. The molecule has 1 amide bonds. The fraction of sp³-hybridized carbons (Fsp3) is 0.200. The average molecular weight is 435 g/mol. The van der Waals surface area contributed by atoms with Crippen LogP contribution in [-0.2, 0) is 10.2 Å². The maximum atomic E-state index is 13.9. The molecule has 6 nitrogen and oxygen atoms in total. The Bertz CT molecular complexity index is 1250. The van der Waals surface area contributed by atoms with E-state index in [9.17, 15) is 29.3 Å². The lowest BCUT2D eigenvalue weighted by molar-refractivity contribution is -0.120. The Morgan fingerprint density at radius 3 is 2.28 bits per heavy atom. The third-order valence-electron chi connectivity index (χ3n) is 6.10. The van der Waals surface area contributed by atoms with Crippen molar-refractivity contribution in [3.63, 3.8) is 0 Å². The van der Waals surface area contributed by atoms with Crippen LogP contribution in [0.15, 0.2) is 54.6 Å². The number of aromatic hydroxyl groups is 2. The first-order chi connectivity index (χ1) is 15.1. The Kier molecular flexibility index (Phi) is 5.12. The van der Waals surface area contributed by atoms with E-state index in [1.165, 1.54) is 29.2 Å². The molecular weight excluding hydrogens is 413 g/mol. The Labute approximate surface area is 184 Å². The van der Waals surface area contributed by atoms with Crippen molar-refractivity contribution in [3.05, 3.63) is 77.1 Å². The number of carboxylic acids is 1. The van der Waals surface area contributed by atoms with E-state index in [1.54, 1.807) is 38.2 Å². The van der Waals surface area contributed by atoms with Crippen molar-refractivity contribution in [2.24, 2.45) is 0 Å². The van der Waals surface area contributed by atoms with Crippen LogP contribution in [0.5, 0.6) is 11.5 Å². The van der Waals surface area contributed by atoms with Gasteiger partial charge in [-0.05, 0) is 84.5 Å². The molecule has 0 heterocycles. The summed E-state index contributed by atoms with van der Waals surface area (Å²) in [6.45, 7) is 1.79. The number of carboxylic acid groups (broad SMARTS) is 1. The van der Waals surface area contributed by atoms with Crippen molar-refractivity contribution in [1.82, 2.24) is 0 Å². The van der Waals surface area contributed by atoms with Gasteiger partial charge >= 0.3 is 5.97 Å². The molecular formula is C25H22FNO5. The molecule has 4 rings (SSSR count). The third kappa shape index (κ3) is 3.56. The van der Waals surface area contributed by atoms with Gasteiger partial charge in [0.2, 0.25) is 5.91 Å². The monoisotopic (exact) mass is 435 g/mol. The number of phenols is 2. The quantitative estimate of drug-likeness (QED) is 0.509. The van der Waals surface area contributed by atoms with Crippen LogP contribution in [0.2, 0.25) is 0 Å². The maximum Gasteiger partial charge on any atom is 0.336 e. The SMILES string of the molecule is Cc1ccc(N(C)C(=O)C2(c3ccc(O)c(O)c3)CC2)cc1-c1cc(F)ccc1C(=O)O. The number of nitrogens with zero attached hydrogens (tertiary/aromatic N) is 1. The van der Waals surface area contributed by atoms with Gasteiger partial charge in [-0.25, -0.2) is 9.18 Å². The second-order valence-electron chi connectivity index (χ2n) is 8.14. The van der Waals surface area contributed by atoms with Crippen molar-refractivity contribution < 1.29 is 29.3 Å². The molecule has 0 unspecified atom stereocenters. The number of carbonyl (C=O) groups is 2. The van der Waals surface area contributed by atoms with E-state index in [0.717, 1.165) is 11.6 Å². The summed E-state index contributed by atoms with van der Waals surface area (Å²) in [5, 5.41) is 29.0. The smallest absolute Gasteiger partial charge is 0.336 e. The summed E-state index contributed by atoms with van der Waals surface area (Å²) in [5.41, 5.74) is 1.83. The molecule has 32 heavy (non-hydrogen) atoms. The summed E-state index contributed by atoms with van der Waals surface area (Å²) in [7, 11) is 1.63. The summed E-state index contributed by atoms with van der Waals surface area (Å²) < 4.78 is 13.9. The maximum absolute atomic E-state index is 13.9. The normalized spacial score (nSPS) is 14.1. The van der Waals surface area contributed by atoms with Gasteiger partial charge in [0, 0.05) is 12.7 Å². The molecule has 3 aromatic rings. The van der Waals surface area contributed by atoms with Gasteiger partial charge in [0.15, 0.2) is 11.5 Å². The number of aromatic carboxylic acids is 1. The number of likely N-dealkylation sites (N-methyl/N-ethyl adjacent to an activating group) is 1. The molecule has 0 aliphatic heterocycles. The molecule has 0 spiro atoms. The number of benzene rings is 3. The molecule has 0 atom stereocenters. The van der Waals surface area contributed by atoms with Crippen LogP contribution in [0.3, 0.4) is 0 Å². The first-order valence-corrected chi connectivity index (χ1v) is 10.1. The van der Waals surface area contributed by atoms with E-state index in [0.29, 0.717) is 29.7 Å². The van der Waals surface area contributed by atoms with E-state index in [2.05, 4.69) is 0 Å². The molecule has 1 fully saturated rings. The number of carbonyl (C=O) groups excluding carboxylic acids is 1. The zero-order valence-electron chi connectivity index (χ0n) is 17.6. The lowest BCUT2D eigenvalue weighted by atomic mass is 9.92. The van der Waals surface area contributed by atoms with Crippen molar-refractivity contribution in [1.29, 1.82) is 0 Å². The van der Waals surface area contributed by atoms with Crippen LogP contribution in [-0.4, -0.2) is 34.2 Å². The van der Waals surface area contributed by atoms with Gasteiger partial charge in [0.25, 0.3) is 0 Å². The molecule has 1 aliphatic carbocycles. The predicted molar refractivity (Wildman–Crippen MR) is 118 cm³/mol. The fourth-order valence-corrected chi connectivity index (χ4v) is 4.04. The fourth-order valence-electron chi connectivity index (χ4n) is 4.04. The molecule has 1 saturated carbocycles. The van der Waals surface area contributed by atoms with Crippen LogP contribution in [0.25, 0.3) is 11.1 Å². The van der Waals surface area contributed by atoms with Gasteiger partial charge in [0.05, 0.1) is 11.0 Å². The number of anilines is 1. The molecule has 0 bridgehead atoms. The van der Waals surface area contributed by atoms with Crippen molar-refractivity contribution in [2.45, 2.75) is 25.2 Å². The highest BCUT2D eigenvalue weighted by Gasteiger charge is 2.53. The lowest BCUT2D eigenvalue weighted by Gasteiger charge is -2.25. The minimum absolute atomic E-state index is 0.0288. The molecule has 3 N–H and O–H groups in total. The molecule has 0 radical (unpaired) electrons. The minimum Gasteiger partial charge on any atom is -0.504 e. The predicted octanol–water partition coefficient (Wildman–Crippen LogP) is 4.61. The molecule has 0 saturated heterocycles. The van der Waals surface area contributed by atoms with Gasteiger partial charge < -0.3 is 20.2 Å². The average Bonchev–Trinajstić information content (AvgIpc) is 3.56. The van der Waals surface area contributed by atoms with Gasteiger partial charge in [-0.15, -0.1) is 0 Å². The lowest BCUT2D eigenvalue weighted by Crippen LogP contribution is -2.36. The largest absolute Gasteiger partial charge is 0.504 e. The van der Waals surface area contributed by atoms with E-state index >= 15 is 0 Å². The topological polar surface area (TPSA) is 98.1 Å². The van der Waals surface area contributed by atoms with Crippen LogP contribution < -0.4 is 4.90 Å². The number of phenolic OH excluding ortho intramolecular Hbond substituents is 2. The Hall–Kier alpha value is -3.87. The number of amides is 1. The third-order valence-corrected chi connectivity index (χ3v) is 6.10. The highest BCUT2D eigenvalue weighted by Crippen LogP contribution is 2.51. The summed E-state index contributed by atoms with van der Waals surface area (Å²) in [6.07, 6.45) is 1.21. The summed E-state index contributed by atoms with van der Waals surface area (Å²) in [6, 6.07) is 13.1. The zero-order valence-corrected chi connectivity index (χ0v) is 17.6. The van der Waals surface area contributed by atoms with Crippen molar-refractivity contribution >= 4 is 17.6 Å². The van der Waals surface area contributed by atoms with Crippen molar-refractivity contribution in [3.8, 4) is 22.6 Å². The second kappa shape index (κ2) is 7.67. The molecule has 1 aliphatic rings. The standard InChI is InChI=1S/C25H22FNO5/c1-14-3-6-17(13-19(14)20-12-16(26)5-7-18(20)23(30)31)27(2)24(32)25(9-10-25)15-4-8-21(28)22(29)11-15/h3-8,11-13,28-29H,9-10H2,1-2H3,(H,30,31). The highest BCUT2D eigenvalue weighted by molar-refractivity contribution is 6.04. The summed E-state index contributed by atoms with van der Waals surface area (Å²) in [4.78, 5) is 26.6. The first-order valence-electron chi connectivity index (χ1n) is 10.1. The first kappa shape index (κ1) is 21.4. The van der Waals surface area contributed by atoms with Gasteiger partial charge in [-0.3, -0.25) is 4.79 Å². The number of hydrogen-bond acceptors (Lipinski definition) is 4. The number of halogens is 1. The molecule has 3 aromatic carbocycles. The Morgan fingerprint density at radius 2 is 1.66 bits per heavy atom. The van der Waals surface area contributed by atoms with Crippen LogP contribution in [0.4, 0.5) is 10.1 Å². The van der Waals surface area contributed by atoms with Crippen LogP contribution in [0, 0.1) is 12.7 Å². The number of rotatable bonds is 5. The van der Waals surface area contributed by atoms with E-state index in [-0.39, 0.29) is 28.5 Å². The van der Waals surface area contributed by atoms with E-state index in [1.807, 2.05) is 0 Å². The van der Waals surface area contributed by atoms with Crippen molar-refractivity contribution in [2.75, 3.05) is 11.9 Å². The highest BCUT2D eigenvalue weighted by atomic mass is 19.1. The molecule has 164 valence electrons. The summed E-state index contributed by atoms with van der Waals surface area (Å²) >= 11 is 0. The van der Waals surface area contributed by atoms with Crippen LogP contribution in [0.1, 0.15) is 34.3 Å². The Balaban J connectivity index is 1.73. The van der Waals surface area contributed by atoms with Crippen LogP contribution >= 0.6 is 0 Å². The van der Waals surface area contributed by atoms with Gasteiger partial charge in [-0.1, -0.05) is 12.1 Å². The zero-order chi connectivity index (χ0) is 23.2. The molecule has 7 heteroatoms. The number of aryl methyl sites for hydroxylation is 1. The van der Waals surface area contributed by atoms with E-state index < -0.39 is 17.2 Å². The summed E-state index contributed by atoms with van der Waals surface area (Å²) in [5.74, 6) is -2.44. The van der Waals surface area contributed by atoms with Gasteiger partial charge in [-0.2, -0.15) is 0 Å². The second-order valence-corrected chi connectivity index (χ2v) is 8.14. The Morgan fingerprint density at radius 1 is 0.938 bits per heavy atom. The number of hydrogen-bond donors (Lipinski definition) is 3. The van der Waals surface area contributed by atoms with Gasteiger partial charge in [0.1, 0.15) is 5.82 Å². The van der Waals surface area contributed by atoms with E-state index in [4.69, 9.17) is 0 Å².